The Hall–Kier alpha value is -3.62. The van der Waals surface area contributed by atoms with Crippen molar-refractivity contribution in [1.29, 1.82) is 0 Å². The first kappa shape index (κ1) is 25.6. The van der Waals surface area contributed by atoms with Crippen molar-refractivity contribution in [1.82, 2.24) is 0 Å². The van der Waals surface area contributed by atoms with E-state index in [-0.39, 0.29) is 0 Å². The second-order valence-corrected chi connectivity index (χ2v) is 17.7. The zero-order valence-corrected chi connectivity index (χ0v) is 25.9. The van der Waals surface area contributed by atoms with Crippen LogP contribution in [0.15, 0.2) is 72.8 Å². The molecule has 6 rings (SSSR count). The molecule has 0 aliphatic heterocycles. The van der Waals surface area contributed by atoms with E-state index in [1.54, 1.807) is 5.19 Å². The third-order valence-electron chi connectivity index (χ3n) is 9.03. The lowest BCUT2D eigenvalue weighted by Crippen LogP contribution is -2.38. The molecule has 0 atom stereocenters. The third kappa shape index (κ3) is 4.05. The van der Waals surface area contributed by atoms with Gasteiger partial charge in [-0.1, -0.05) is 67.3 Å². The van der Waals surface area contributed by atoms with E-state index in [9.17, 15) is 0 Å². The molecule has 6 aromatic carbocycles. The van der Waals surface area contributed by atoms with Crippen LogP contribution in [-0.2, 0) is 0 Å². The summed E-state index contributed by atoms with van der Waals surface area (Å²) >= 11 is 0. The molecule has 0 aliphatic rings. The number of benzene rings is 6. The van der Waals surface area contributed by atoms with Gasteiger partial charge < -0.3 is 4.90 Å². The van der Waals surface area contributed by atoms with Crippen molar-refractivity contribution in [2.24, 2.45) is 0 Å². The van der Waals surface area contributed by atoms with Crippen LogP contribution < -0.4 is 10.1 Å². The van der Waals surface area contributed by atoms with E-state index >= 15 is 0 Å². The molecule has 1 nitrogen and oxygen atoms in total. The average Bonchev–Trinajstić information content (AvgIpc) is 2.88. The van der Waals surface area contributed by atoms with Gasteiger partial charge in [-0.05, 0) is 132 Å². The quantitative estimate of drug-likeness (QED) is 0.163. The standard InChI is InChI=1S/C37H39NSi/c1-22-18-30(19-23(2)26(22)5)38(31-20-24(3)27(6)25(4)21-31)34-16-12-28-11-15-33-35(39(7,8)9)17-13-29-10-14-32(34)36(28)37(29)33/h10-21H,1-9H3. The van der Waals surface area contributed by atoms with Crippen LogP contribution in [0.4, 0.5) is 17.1 Å². The molecular formula is C37H39NSi. The van der Waals surface area contributed by atoms with Crippen molar-refractivity contribution in [2.45, 2.75) is 61.2 Å². The van der Waals surface area contributed by atoms with E-state index in [4.69, 9.17) is 0 Å². The van der Waals surface area contributed by atoms with Gasteiger partial charge in [0.05, 0.1) is 13.8 Å². The summed E-state index contributed by atoms with van der Waals surface area (Å²) in [6.45, 7) is 20.8. The molecule has 0 radical (unpaired) electrons. The molecule has 39 heavy (non-hydrogen) atoms. The fraction of sp³-hybridized carbons (Fsp3) is 0.243. The Balaban J connectivity index is 1.73. The number of hydrogen-bond acceptors (Lipinski definition) is 1. The van der Waals surface area contributed by atoms with Crippen LogP contribution in [0.5, 0.6) is 0 Å². The molecule has 0 fully saturated rings. The van der Waals surface area contributed by atoms with Gasteiger partial charge >= 0.3 is 0 Å². The summed E-state index contributed by atoms with van der Waals surface area (Å²) in [6, 6.07) is 28.2. The van der Waals surface area contributed by atoms with E-state index in [0.29, 0.717) is 0 Å². The van der Waals surface area contributed by atoms with Crippen LogP contribution in [0.25, 0.3) is 32.3 Å². The highest BCUT2D eigenvalue weighted by Crippen LogP contribution is 2.45. The summed E-state index contributed by atoms with van der Waals surface area (Å²) in [5.41, 5.74) is 11.7. The Morgan fingerprint density at radius 1 is 0.487 bits per heavy atom. The highest BCUT2D eigenvalue weighted by Gasteiger charge is 2.23. The van der Waals surface area contributed by atoms with E-state index in [1.165, 1.54) is 82.8 Å². The fourth-order valence-corrected chi connectivity index (χ4v) is 7.95. The summed E-state index contributed by atoms with van der Waals surface area (Å²) < 4.78 is 0. The average molecular weight is 526 g/mol. The Morgan fingerprint density at radius 2 is 0.897 bits per heavy atom. The number of anilines is 3. The number of hydrogen-bond donors (Lipinski definition) is 0. The Kier molecular flexibility index (Phi) is 5.89. The minimum Gasteiger partial charge on any atom is -0.310 e. The van der Waals surface area contributed by atoms with Gasteiger partial charge in [0.1, 0.15) is 0 Å². The minimum absolute atomic E-state index is 1.22. The summed E-state index contributed by atoms with van der Waals surface area (Å²) in [4.78, 5) is 2.49. The molecule has 0 spiro atoms. The maximum Gasteiger partial charge on any atom is 0.0784 e. The predicted molar refractivity (Wildman–Crippen MR) is 176 cm³/mol. The molecule has 0 aromatic heterocycles. The predicted octanol–water partition coefficient (Wildman–Crippen LogP) is 10.4. The molecule has 6 aromatic rings. The lowest BCUT2D eigenvalue weighted by atomic mass is 9.92. The topological polar surface area (TPSA) is 3.24 Å². The zero-order chi connectivity index (χ0) is 27.8. The summed E-state index contributed by atoms with van der Waals surface area (Å²) in [5.74, 6) is 0. The van der Waals surface area contributed by atoms with Gasteiger partial charge in [-0.2, -0.15) is 0 Å². The number of nitrogens with zero attached hydrogens (tertiary/aromatic N) is 1. The largest absolute Gasteiger partial charge is 0.310 e. The van der Waals surface area contributed by atoms with Gasteiger partial charge in [0.15, 0.2) is 0 Å². The minimum atomic E-state index is -1.51. The molecule has 196 valence electrons. The normalized spacial score (nSPS) is 12.2. The van der Waals surface area contributed by atoms with E-state index in [0.717, 1.165) is 0 Å². The molecule has 2 heteroatoms. The van der Waals surface area contributed by atoms with Crippen molar-refractivity contribution >= 4 is 62.6 Å². The SMILES string of the molecule is Cc1cc(N(c2cc(C)c(C)c(C)c2)c2ccc3ccc4c([Si](C)(C)C)ccc5ccc2c3c54)cc(C)c1C. The molecular weight excluding hydrogens is 487 g/mol. The van der Waals surface area contributed by atoms with Crippen molar-refractivity contribution in [3.63, 3.8) is 0 Å². The summed E-state index contributed by atoms with van der Waals surface area (Å²) in [6.07, 6.45) is 0. The van der Waals surface area contributed by atoms with Crippen LogP contribution in [0.3, 0.4) is 0 Å². The number of rotatable bonds is 4. The maximum atomic E-state index is 2.49. The lowest BCUT2D eigenvalue weighted by molar-refractivity contribution is 1.20. The van der Waals surface area contributed by atoms with Gasteiger partial charge in [-0.25, -0.2) is 0 Å². The van der Waals surface area contributed by atoms with Gasteiger partial charge in [0, 0.05) is 16.8 Å². The molecule has 0 unspecified atom stereocenters. The molecule has 0 saturated heterocycles. The van der Waals surface area contributed by atoms with E-state index in [1.807, 2.05) is 0 Å². The first-order chi connectivity index (χ1) is 18.5. The molecule has 0 aliphatic carbocycles. The molecule has 0 heterocycles. The van der Waals surface area contributed by atoms with E-state index < -0.39 is 8.07 Å². The highest BCUT2D eigenvalue weighted by molar-refractivity contribution is 6.90. The van der Waals surface area contributed by atoms with Crippen molar-refractivity contribution in [2.75, 3.05) is 4.90 Å². The second kappa shape index (κ2) is 8.96. The number of aryl methyl sites for hydroxylation is 4. The van der Waals surface area contributed by atoms with Crippen molar-refractivity contribution in [3.8, 4) is 0 Å². The van der Waals surface area contributed by atoms with Crippen LogP contribution in [0.1, 0.15) is 33.4 Å². The van der Waals surface area contributed by atoms with Crippen molar-refractivity contribution in [3.05, 3.63) is 106 Å². The van der Waals surface area contributed by atoms with Crippen LogP contribution in [0.2, 0.25) is 19.6 Å². The first-order valence-electron chi connectivity index (χ1n) is 14.1. The Labute approximate surface area is 234 Å². The van der Waals surface area contributed by atoms with Gasteiger partial charge in [-0.3, -0.25) is 0 Å². The van der Waals surface area contributed by atoms with Crippen LogP contribution >= 0.6 is 0 Å². The fourth-order valence-electron chi connectivity index (χ4n) is 6.35. The Bertz CT molecular complexity index is 1800. The second-order valence-electron chi connectivity index (χ2n) is 12.6. The molecule has 0 saturated carbocycles. The van der Waals surface area contributed by atoms with Crippen molar-refractivity contribution < 1.29 is 0 Å². The monoisotopic (exact) mass is 525 g/mol. The lowest BCUT2D eigenvalue weighted by Gasteiger charge is -2.30. The summed E-state index contributed by atoms with van der Waals surface area (Å²) in [7, 11) is -1.51. The van der Waals surface area contributed by atoms with Gasteiger partial charge in [0.2, 0.25) is 0 Å². The van der Waals surface area contributed by atoms with Gasteiger partial charge in [0.25, 0.3) is 0 Å². The van der Waals surface area contributed by atoms with Crippen LogP contribution in [0, 0.1) is 41.5 Å². The molecule has 0 bridgehead atoms. The third-order valence-corrected chi connectivity index (χ3v) is 11.1. The first-order valence-corrected chi connectivity index (χ1v) is 17.6. The molecule has 0 N–H and O–H groups in total. The smallest absolute Gasteiger partial charge is 0.0784 e. The Morgan fingerprint density at radius 3 is 1.38 bits per heavy atom. The van der Waals surface area contributed by atoms with Gasteiger partial charge in [-0.15, -0.1) is 0 Å². The molecule has 0 amide bonds. The highest BCUT2D eigenvalue weighted by atomic mass is 28.3. The summed E-state index contributed by atoms with van der Waals surface area (Å²) in [5, 5.41) is 9.72. The van der Waals surface area contributed by atoms with E-state index in [2.05, 4.69) is 139 Å². The zero-order valence-electron chi connectivity index (χ0n) is 24.9. The maximum absolute atomic E-state index is 2.49. The van der Waals surface area contributed by atoms with Crippen LogP contribution in [-0.4, -0.2) is 8.07 Å².